The first-order valence-corrected chi connectivity index (χ1v) is 38.4. The molecule has 16 rings (SSSR count). The molecule has 0 aliphatic carbocycles. The van der Waals surface area contributed by atoms with E-state index in [1.807, 2.05) is 89.8 Å². The Balaban J connectivity index is 0.000000140. The Morgan fingerprint density at radius 3 is 1.31 bits per heavy atom. The highest BCUT2D eigenvalue weighted by Gasteiger charge is 2.31. The molecular weight excluding hydrogens is 1420 g/mol. The summed E-state index contributed by atoms with van der Waals surface area (Å²) in [5.74, 6) is 5.99. The Bertz CT molecular complexity index is 4760. The van der Waals surface area contributed by atoms with Gasteiger partial charge in [-0.2, -0.15) is 20.8 Å². The molecule has 7 fully saturated rings. The van der Waals surface area contributed by atoms with Crippen molar-refractivity contribution >= 4 is 57.6 Å². The summed E-state index contributed by atoms with van der Waals surface area (Å²) in [7, 11) is 3.86. The van der Waals surface area contributed by atoms with Crippen molar-refractivity contribution in [1.29, 1.82) is 15.8 Å². The van der Waals surface area contributed by atoms with Gasteiger partial charge in [0, 0.05) is 188 Å². The van der Waals surface area contributed by atoms with E-state index in [1.165, 1.54) is 12.0 Å². The minimum atomic E-state index is 0.0610. The molecule has 0 radical (unpaired) electrons. The molecule has 3 N–H and O–H groups in total. The summed E-state index contributed by atoms with van der Waals surface area (Å²) < 4.78 is 45.5. The smallest absolute Gasteiger partial charge is 0.230 e. The van der Waals surface area contributed by atoms with Crippen LogP contribution in [0, 0.1) is 34.0 Å². The summed E-state index contributed by atoms with van der Waals surface area (Å²) in [6.45, 7) is 18.7. The highest BCUT2D eigenvalue weighted by Crippen LogP contribution is 2.36. The monoisotopic (exact) mass is 1510 g/mol. The summed E-state index contributed by atoms with van der Waals surface area (Å²) in [4.78, 5) is 56.7. The van der Waals surface area contributed by atoms with E-state index < -0.39 is 0 Å². The van der Waals surface area contributed by atoms with Crippen molar-refractivity contribution in [2.24, 2.45) is 0 Å². The zero-order chi connectivity index (χ0) is 77.0. The SMILES string of the molecule is CC(=O)N1CCN(c2ccc(Nc3ccnc(-c4ccc(OC5CCOCC5)c(C#N)c4)n3)cc2)CC1.CN1CCN(c2ccc(Nc3ncnc(-c4ccc(OC5CCOCC5)c(C#N)c4)n3)cc2)CC1.COc1cc(Nc2ccnc(-c3ccc(OC4CCOCC4)c(C#N)c3)n2)ccc1N1CCN(C2COC2)CC1. The van der Waals surface area contributed by atoms with Gasteiger partial charge in [-0.25, -0.2) is 29.9 Å². The minimum absolute atomic E-state index is 0.0610. The number of methoxy groups -OCH3 is 1. The maximum absolute atomic E-state index is 11.6. The lowest BCUT2D eigenvalue weighted by Crippen LogP contribution is -2.56. The number of hydrogen-bond donors (Lipinski definition) is 3. The Kier molecular flexibility index (Phi) is 25.9. The Hall–Kier alpha value is -11.8. The number of amides is 1. The molecule has 28 heteroatoms. The summed E-state index contributed by atoms with van der Waals surface area (Å²) in [5, 5.41) is 39.1. The molecule has 0 unspecified atom stereocenters. The molecule has 10 heterocycles. The van der Waals surface area contributed by atoms with Crippen molar-refractivity contribution in [3.63, 3.8) is 0 Å². The number of benzene rings is 6. The van der Waals surface area contributed by atoms with Gasteiger partial charge in [0.05, 0.1) is 88.4 Å². The number of ether oxygens (including phenoxy) is 8. The van der Waals surface area contributed by atoms with E-state index in [1.54, 1.807) is 44.6 Å². The van der Waals surface area contributed by atoms with Crippen LogP contribution in [0.2, 0.25) is 0 Å². The van der Waals surface area contributed by atoms with Crippen LogP contribution >= 0.6 is 0 Å². The number of rotatable bonds is 20. The number of nitrogens with one attached hydrogen (secondary N) is 3. The van der Waals surface area contributed by atoms with Gasteiger partial charge in [-0.15, -0.1) is 0 Å². The van der Waals surface area contributed by atoms with Crippen LogP contribution in [-0.4, -0.2) is 225 Å². The molecule has 578 valence electrons. The topological polar surface area (TPSA) is 308 Å². The number of anilines is 9. The van der Waals surface area contributed by atoms with Crippen molar-refractivity contribution in [1.82, 2.24) is 49.6 Å². The number of carbonyl (C=O) groups is 1. The molecule has 1 amide bonds. The Labute approximate surface area is 652 Å². The highest BCUT2D eigenvalue weighted by atomic mass is 16.5. The zero-order valence-electron chi connectivity index (χ0n) is 63.5. The third-order valence-corrected chi connectivity index (χ3v) is 20.8. The van der Waals surface area contributed by atoms with Crippen molar-refractivity contribution in [2.75, 3.05) is 176 Å². The zero-order valence-corrected chi connectivity index (χ0v) is 63.5. The minimum Gasteiger partial charge on any atom is -0.495 e. The van der Waals surface area contributed by atoms with Crippen LogP contribution in [0.1, 0.15) is 62.1 Å². The highest BCUT2D eigenvalue weighted by molar-refractivity contribution is 5.74. The Morgan fingerprint density at radius 1 is 0.446 bits per heavy atom. The van der Waals surface area contributed by atoms with Crippen LogP contribution in [0.25, 0.3) is 34.2 Å². The molecule has 0 saturated carbocycles. The molecule has 0 spiro atoms. The molecule has 7 saturated heterocycles. The normalized spacial score (nSPS) is 17.3. The molecule has 112 heavy (non-hydrogen) atoms. The summed E-state index contributed by atoms with van der Waals surface area (Å²) >= 11 is 0. The lowest BCUT2D eigenvalue weighted by Gasteiger charge is -2.43. The van der Waals surface area contributed by atoms with Gasteiger partial charge in [0.15, 0.2) is 17.5 Å². The average molecular weight is 1510 g/mol. The first-order valence-electron chi connectivity index (χ1n) is 38.4. The van der Waals surface area contributed by atoms with Gasteiger partial charge in [0.25, 0.3) is 0 Å². The predicted molar refractivity (Wildman–Crippen MR) is 426 cm³/mol. The second kappa shape index (κ2) is 37.7. The van der Waals surface area contributed by atoms with E-state index in [4.69, 9.17) is 42.9 Å². The molecular formula is C84H93N19O9. The van der Waals surface area contributed by atoms with Gasteiger partial charge in [-0.05, 0) is 134 Å². The second-order valence-corrected chi connectivity index (χ2v) is 28.3. The van der Waals surface area contributed by atoms with Crippen molar-refractivity contribution in [3.05, 3.63) is 169 Å². The van der Waals surface area contributed by atoms with Crippen LogP contribution in [0.15, 0.2) is 152 Å². The van der Waals surface area contributed by atoms with Crippen LogP contribution in [0.5, 0.6) is 23.0 Å². The fraction of sp³-hybridized carbons (Fsp3) is 0.393. The number of aromatic nitrogens is 7. The third kappa shape index (κ3) is 20.2. The summed E-state index contributed by atoms with van der Waals surface area (Å²) in [5.41, 5.74) is 9.74. The lowest BCUT2D eigenvalue weighted by molar-refractivity contribution is -0.129. The number of likely N-dealkylation sites (N-methyl/N-ethyl adjacent to an activating group) is 1. The van der Waals surface area contributed by atoms with Crippen molar-refractivity contribution in [2.45, 2.75) is 69.8 Å². The standard InChI is InChI=1S/C30H34N6O4.C28H30N6O3.C26H29N7O2/c1-37-28-17-23(3-4-26(28)36-12-10-35(11-13-36)24-19-39-20-24)33-29-6-9-32-30(34-29)21-2-5-27(22(16-21)18-31)40-25-7-14-38-15-8-25;1-20(35)33-12-14-34(15-13-33)24-5-3-23(4-6-24)31-27-8-11-30-28(32-27)21-2-7-26(22(18-21)19-29)37-25-9-16-36-17-10-25;1-32-10-12-33(13-11-32)22-5-3-21(4-6-22)30-26-29-18-28-25(31-26)19-2-7-24(20(16-19)17-27)35-23-8-14-34-15-9-23/h2-6,9,16-17,24-25H,7-8,10-15,19-20H2,1H3,(H,32,33,34);2-8,11,18,25H,9-10,12-17H2,1H3,(H,30,31,32);2-7,16,18,23H,8-15H2,1H3,(H,28,29,30,31). The Morgan fingerprint density at radius 2 is 0.875 bits per heavy atom. The maximum Gasteiger partial charge on any atom is 0.230 e. The molecule has 7 aliphatic heterocycles. The van der Waals surface area contributed by atoms with Crippen molar-refractivity contribution < 1.29 is 42.7 Å². The molecule has 0 bridgehead atoms. The number of hydrogen-bond acceptors (Lipinski definition) is 27. The van der Waals surface area contributed by atoms with E-state index in [0.717, 1.165) is 181 Å². The maximum atomic E-state index is 11.6. The van der Waals surface area contributed by atoms with Gasteiger partial charge in [-0.1, -0.05) is 0 Å². The summed E-state index contributed by atoms with van der Waals surface area (Å²) in [6, 6.07) is 50.0. The molecule has 9 aromatic rings. The van der Waals surface area contributed by atoms with Gasteiger partial charge < -0.3 is 78.3 Å². The molecule has 6 aromatic carbocycles. The predicted octanol–water partition coefficient (Wildman–Crippen LogP) is 11.3. The lowest BCUT2D eigenvalue weighted by atomic mass is 10.1. The summed E-state index contributed by atoms with van der Waals surface area (Å²) in [6.07, 6.45) is 10.0. The van der Waals surface area contributed by atoms with Crippen LogP contribution < -0.4 is 49.6 Å². The van der Waals surface area contributed by atoms with E-state index >= 15 is 0 Å². The van der Waals surface area contributed by atoms with Gasteiger partial charge in [0.2, 0.25) is 11.9 Å². The second-order valence-electron chi connectivity index (χ2n) is 28.3. The molecule has 28 nitrogen and oxygen atoms in total. The number of nitrogens with zero attached hydrogens (tertiary/aromatic N) is 16. The first-order chi connectivity index (χ1) is 55.0. The molecule has 0 atom stereocenters. The fourth-order valence-corrected chi connectivity index (χ4v) is 14.2. The number of carbonyl (C=O) groups excluding carboxylic acids is 1. The quantitative estimate of drug-likeness (QED) is 0.0638. The van der Waals surface area contributed by atoms with E-state index in [2.05, 4.69) is 126 Å². The largest absolute Gasteiger partial charge is 0.495 e. The van der Waals surface area contributed by atoms with Crippen LogP contribution in [-0.2, 0) is 23.7 Å². The number of nitriles is 3. The van der Waals surface area contributed by atoms with Gasteiger partial charge in [0.1, 0.15) is 77.5 Å². The number of piperazine rings is 3. The van der Waals surface area contributed by atoms with E-state index in [0.29, 0.717) is 115 Å². The third-order valence-electron chi connectivity index (χ3n) is 20.8. The molecule has 7 aliphatic rings. The first kappa shape index (κ1) is 76.9. The molecule has 3 aromatic heterocycles. The van der Waals surface area contributed by atoms with E-state index in [9.17, 15) is 20.6 Å². The van der Waals surface area contributed by atoms with Gasteiger partial charge >= 0.3 is 0 Å². The fourth-order valence-electron chi connectivity index (χ4n) is 14.2. The average Bonchev–Trinajstić information content (AvgIpc) is 0.817. The van der Waals surface area contributed by atoms with Crippen LogP contribution in [0.4, 0.5) is 51.7 Å². The van der Waals surface area contributed by atoms with Crippen LogP contribution in [0.3, 0.4) is 0 Å². The van der Waals surface area contributed by atoms with Gasteiger partial charge in [-0.3, -0.25) is 9.69 Å². The van der Waals surface area contributed by atoms with E-state index in [-0.39, 0.29) is 24.2 Å². The van der Waals surface area contributed by atoms with Crippen molar-refractivity contribution in [3.8, 4) is 75.4 Å².